The lowest BCUT2D eigenvalue weighted by Crippen LogP contribution is -2.58. The van der Waals surface area contributed by atoms with Crippen molar-refractivity contribution in [3.05, 3.63) is 0 Å². The molecule has 196 valence electrons. The highest BCUT2D eigenvalue weighted by atomic mass is 32.2. The minimum atomic E-state index is -4.32. The molecule has 7 nitrogen and oxygen atoms in total. The van der Waals surface area contributed by atoms with E-state index in [1.54, 1.807) is 0 Å². The lowest BCUT2D eigenvalue weighted by molar-refractivity contribution is -0.174. The smallest absolute Gasteiger partial charge is 0.220 e. The number of rotatable bonds is 7. The molecule has 10 atom stereocenters. The number of fused-ring (bicyclic) bond motifs is 5. The summed E-state index contributed by atoms with van der Waals surface area (Å²) in [7, 11) is -4.32. The van der Waals surface area contributed by atoms with Crippen LogP contribution in [0.4, 0.5) is 0 Å². The third-order valence-electron chi connectivity index (χ3n) is 11.0. The first-order chi connectivity index (χ1) is 15.9. The van der Waals surface area contributed by atoms with Crippen LogP contribution in [0.15, 0.2) is 0 Å². The first kappa shape index (κ1) is 26.4. The Morgan fingerprint density at radius 2 is 1.82 bits per heavy atom. The summed E-state index contributed by atoms with van der Waals surface area (Å²) in [5.74, 6) is 2.10. The highest BCUT2D eigenvalue weighted by Crippen LogP contribution is 2.68. The van der Waals surface area contributed by atoms with Crippen LogP contribution in [-0.2, 0) is 14.9 Å². The van der Waals surface area contributed by atoms with Crippen molar-refractivity contribution in [2.45, 2.75) is 97.2 Å². The van der Waals surface area contributed by atoms with E-state index in [9.17, 15) is 28.0 Å². The maximum Gasteiger partial charge on any atom is 0.220 e. The molecule has 8 heteroatoms. The van der Waals surface area contributed by atoms with Crippen molar-refractivity contribution in [3.8, 4) is 0 Å². The molecular formula is C26H44NO6S-. The predicted octanol–water partition coefficient (Wildman–Crippen LogP) is 3.05. The molecule has 0 radical (unpaired) electrons. The Morgan fingerprint density at radius 3 is 2.53 bits per heavy atom. The van der Waals surface area contributed by atoms with Crippen molar-refractivity contribution in [3.63, 3.8) is 0 Å². The number of nitrogens with one attached hydrogen (secondary N) is 1. The average molecular weight is 499 g/mol. The van der Waals surface area contributed by atoms with E-state index in [1.165, 1.54) is 12.8 Å². The third kappa shape index (κ3) is 4.81. The van der Waals surface area contributed by atoms with Gasteiger partial charge in [0.2, 0.25) is 5.91 Å². The zero-order valence-corrected chi connectivity index (χ0v) is 21.9. The quantitative estimate of drug-likeness (QED) is 0.463. The second-order valence-corrected chi connectivity index (χ2v) is 14.0. The van der Waals surface area contributed by atoms with Gasteiger partial charge in [0.15, 0.2) is 0 Å². The van der Waals surface area contributed by atoms with Crippen LogP contribution in [0.25, 0.3) is 0 Å². The topological polar surface area (TPSA) is 127 Å². The number of amides is 1. The Kier molecular flexibility index (Phi) is 7.47. The van der Waals surface area contributed by atoms with Crippen molar-refractivity contribution < 1.29 is 28.0 Å². The second kappa shape index (κ2) is 9.64. The number of aliphatic hydroxyl groups excluding tert-OH is 2. The van der Waals surface area contributed by atoms with Gasteiger partial charge in [0.1, 0.15) is 0 Å². The fraction of sp³-hybridized carbons (Fsp3) is 0.962. The normalized spacial score (nSPS) is 45.1. The summed E-state index contributed by atoms with van der Waals surface area (Å²) in [6.45, 7) is 6.78. The van der Waals surface area contributed by atoms with Crippen molar-refractivity contribution in [1.82, 2.24) is 5.32 Å². The molecule has 4 aliphatic rings. The minimum absolute atomic E-state index is 0.134. The fourth-order valence-electron chi connectivity index (χ4n) is 9.12. The lowest BCUT2D eigenvalue weighted by atomic mass is 9.43. The molecule has 0 bridgehead atoms. The lowest BCUT2D eigenvalue weighted by Gasteiger charge is -2.62. The predicted molar refractivity (Wildman–Crippen MR) is 129 cm³/mol. The average Bonchev–Trinajstić information content (AvgIpc) is 3.11. The van der Waals surface area contributed by atoms with Crippen LogP contribution in [0, 0.1) is 46.3 Å². The van der Waals surface area contributed by atoms with E-state index in [0.717, 1.165) is 38.5 Å². The summed E-state index contributed by atoms with van der Waals surface area (Å²) in [4.78, 5) is 12.2. The standard InChI is InChI=1S/C26H45NO6S/c1-16(4-9-24(30)27-12-13-34(31,32)33)20-7-8-21-19-6-5-17-14-18(28)10-11-25(17,2)22(19)15-23(29)26(20,21)3/h16-23,28-29H,4-15H2,1-3H3,(H,27,30)(H,31,32,33)/p-1/t16-,17-,18+,19+,20+,21+,22+,23-,25-,26-/m1/s1. The second-order valence-electron chi connectivity index (χ2n) is 12.5. The number of carbonyl (C=O) groups excluding carboxylic acids is 1. The van der Waals surface area contributed by atoms with Crippen LogP contribution in [0.2, 0.25) is 0 Å². The molecule has 0 aromatic heterocycles. The van der Waals surface area contributed by atoms with Gasteiger partial charge in [0, 0.05) is 13.0 Å². The van der Waals surface area contributed by atoms with E-state index in [1.807, 2.05) is 0 Å². The zero-order valence-electron chi connectivity index (χ0n) is 21.0. The summed E-state index contributed by atoms with van der Waals surface area (Å²) in [5, 5.41) is 24.4. The summed E-state index contributed by atoms with van der Waals surface area (Å²) in [5.41, 5.74) is 0.0922. The van der Waals surface area contributed by atoms with Gasteiger partial charge in [0.25, 0.3) is 0 Å². The third-order valence-corrected chi connectivity index (χ3v) is 11.7. The summed E-state index contributed by atoms with van der Waals surface area (Å²) in [6, 6.07) is 0. The molecule has 4 saturated carbocycles. The Morgan fingerprint density at radius 1 is 1.09 bits per heavy atom. The first-order valence-electron chi connectivity index (χ1n) is 13.4. The SMILES string of the molecule is C[C@H](CCC(=O)NCCS(=O)(=O)[O-])[C@@H]1CC[C@H]2[C@@H]3CC[C@@H]4C[C@@H](O)CC[C@@]4(C)[C@H]3C[C@@H](O)[C@@]21C. The van der Waals surface area contributed by atoms with E-state index >= 15 is 0 Å². The molecule has 34 heavy (non-hydrogen) atoms. The van der Waals surface area contributed by atoms with E-state index in [4.69, 9.17) is 0 Å². The van der Waals surface area contributed by atoms with Crippen molar-refractivity contribution in [2.24, 2.45) is 46.3 Å². The molecule has 0 aromatic rings. The van der Waals surface area contributed by atoms with Gasteiger partial charge in [0.05, 0.1) is 28.1 Å². The Labute approximate surface area is 205 Å². The summed E-state index contributed by atoms with van der Waals surface area (Å²) >= 11 is 0. The van der Waals surface area contributed by atoms with E-state index in [2.05, 4.69) is 26.1 Å². The zero-order chi connectivity index (χ0) is 24.9. The molecule has 3 N–H and O–H groups in total. The van der Waals surface area contributed by atoms with Gasteiger partial charge in [-0.15, -0.1) is 0 Å². The summed E-state index contributed by atoms with van der Waals surface area (Å²) in [6.07, 6.45) is 8.85. The Balaban J connectivity index is 1.40. The Bertz CT molecular complexity index is 863. The number of aliphatic hydroxyl groups is 2. The molecule has 0 unspecified atom stereocenters. The summed E-state index contributed by atoms with van der Waals surface area (Å²) < 4.78 is 32.2. The maximum absolute atomic E-state index is 12.2. The first-order valence-corrected chi connectivity index (χ1v) is 15.0. The van der Waals surface area contributed by atoms with Gasteiger partial charge in [-0.05, 0) is 104 Å². The van der Waals surface area contributed by atoms with Gasteiger partial charge in [-0.25, -0.2) is 8.42 Å². The molecule has 0 aliphatic heterocycles. The van der Waals surface area contributed by atoms with Crippen LogP contribution < -0.4 is 5.32 Å². The monoisotopic (exact) mass is 498 g/mol. The molecule has 4 fully saturated rings. The van der Waals surface area contributed by atoms with Gasteiger partial charge in [-0.2, -0.15) is 0 Å². The van der Waals surface area contributed by atoms with Crippen molar-refractivity contribution >= 4 is 16.0 Å². The van der Waals surface area contributed by atoms with Crippen LogP contribution in [0.1, 0.15) is 85.0 Å². The molecule has 4 rings (SSSR count). The van der Waals surface area contributed by atoms with Crippen LogP contribution in [0.5, 0.6) is 0 Å². The number of hydrogen-bond acceptors (Lipinski definition) is 6. The molecule has 0 aromatic carbocycles. The molecule has 4 aliphatic carbocycles. The highest BCUT2D eigenvalue weighted by Gasteiger charge is 2.63. The van der Waals surface area contributed by atoms with Crippen molar-refractivity contribution in [1.29, 1.82) is 0 Å². The minimum Gasteiger partial charge on any atom is -0.748 e. The van der Waals surface area contributed by atoms with E-state index in [-0.39, 0.29) is 41.4 Å². The molecule has 0 heterocycles. The van der Waals surface area contributed by atoms with E-state index in [0.29, 0.717) is 42.4 Å². The molecular weight excluding hydrogens is 454 g/mol. The van der Waals surface area contributed by atoms with Crippen LogP contribution >= 0.6 is 0 Å². The van der Waals surface area contributed by atoms with Crippen LogP contribution in [-0.4, -0.2) is 53.6 Å². The molecule has 1 amide bonds. The largest absolute Gasteiger partial charge is 0.748 e. The number of carbonyl (C=O) groups is 1. The maximum atomic E-state index is 12.2. The van der Waals surface area contributed by atoms with Crippen molar-refractivity contribution in [2.75, 3.05) is 12.3 Å². The molecule has 0 saturated heterocycles. The highest BCUT2D eigenvalue weighted by molar-refractivity contribution is 7.85. The van der Waals surface area contributed by atoms with Gasteiger partial charge in [-0.3, -0.25) is 4.79 Å². The fourth-order valence-corrected chi connectivity index (χ4v) is 9.48. The van der Waals surface area contributed by atoms with Crippen LogP contribution in [0.3, 0.4) is 0 Å². The van der Waals surface area contributed by atoms with E-state index < -0.39 is 15.9 Å². The Hall–Kier alpha value is -0.700. The van der Waals surface area contributed by atoms with Gasteiger partial charge >= 0.3 is 0 Å². The number of hydrogen-bond donors (Lipinski definition) is 3. The molecule has 0 spiro atoms. The van der Waals surface area contributed by atoms with Gasteiger partial charge in [-0.1, -0.05) is 20.8 Å². The van der Waals surface area contributed by atoms with Gasteiger partial charge < -0.3 is 20.1 Å².